The Morgan fingerprint density at radius 1 is 1.53 bits per heavy atom. The largest absolute Gasteiger partial charge is 0.464 e. The topological polar surface area (TPSA) is 39.2 Å². The molecule has 0 unspecified atom stereocenters. The number of methoxy groups -OCH3 is 1. The van der Waals surface area contributed by atoms with Crippen molar-refractivity contribution in [1.82, 2.24) is 4.98 Å². The van der Waals surface area contributed by atoms with Crippen molar-refractivity contribution in [2.75, 3.05) is 7.11 Å². The minimum absolute atomic E-state index is 0.0288. The first-order valence-corrected chi connectivity index (χ1v) is 4.20. The van der Waals surface area contributed by atoms with E-state index < -0.39 is 12.0 Å². The van der Waals surface area contributed by atoms with E-state index in [1.54, 1.807) is 0 Å². The summed E-state index contributed by atoms with van der Waals surface area (Å²) < 4.78 is 28.2. The quantitative estimate of drug-likeness (QED) is 0.582. The number of halogens is 3. The van der Waals surface area contributed by atoms with Gasteiger partial charge >= 0.3 is 5.97 Å². The molecule has 1 aromatic heterocycles. The summed E-state index contributed by atoms with van der Waals surface area (Å²) in [6, 6.07) is 2.52. The number of carbonyl (C=O) groups excluding carboxylic acids is 1. The van der Waals surface area contributed by atoms with Gasteiger partial charge in [0.1, 0.15) is 10.8 Å². The van der Waals surface area contributed by atoms with Crippen LogP contribution < -0.4 is 0 Å². The highest BCUT2D eigenvalue weighted by atomic mass is 35.5. The zero-order valence-electron chi connectivity index (χ0n) is 7.63. The molecule has 0 saturated heterocycles. The van der Waals surface area contributed by atoms with Crippen molar-refractivity contribution in [1.29, 1.82) is 0 Å². The van der Waals surface area contributed by atoms with Gasteiger partial charge in [-0.05, 0) is 12.1 Å². The second kappa shape index (κ2) is 4.84. The van der Waals surface area contributed by atoms with E-state index in [9.17, 15) is 13.6 Å². The third-order valence-electron chi connectivity index (χ3n) is 1.54. The highest BCUT2D eigenvalue weighted by molar-refractivity contribution is 6.31. The Morgan fingerprint density at radius 2 is 2.20 bits per heavy atom. The van der Waals surface area contributed by atoms with Crippen molar-refractivity contribution in [3.8, 4) is 0 Å². The summed E-state index contributed by atoms with van der Waals surface area (Å²) in [5.74, 6) is -0.673. The van der Waals surface area contributed by atoms with E-state index in [4.69, 9.17) is 11.6 Å². The monoisotopic (exact) mass is 233 g/mol. The second-order valence-electron chi connectivity index (χ2n) is 2.50. The molecule has 3 nitrogen and oxygen atoms in total. The molecule has 0 N–H and O–H groups in total. The smallest absolute Gasteiger partial charge is 0.356 e. The fourth-order valence-corrected chi connectivity index (χ4v) is 1.10. The van der Waals surface area contributed by atoms with Gasteiger partial charge in [0.2, 0.25) is 0 Å². The maximum Gasteiger partial charge on any atom is 0.356 e. The lowest BCUT2D eigenvalue weighted by Gasteiger charge is -2.00. The lowest BCUT2D eigenvalue weighted by molar-refractivity contribution is 0.0594. The number of ether oxygens (including phenoxy) is 1. The third kappa shape index (κ3) is 2.99. The first-order valence-electron chi connectivity index (χ1n) is 3.82. The van der Waals surface area contributed by atoms with Gasteiger partial charge in [0.05, 0.1) is 7.11 Å². The Bertz CT molecular complexity index is 417. The van der Waals surface area contributed by atoms with E-state index in [1.165, 1.54) is 19.2 Å². The molecule has 0 spiro atoms. The molecule has 0 aliphatic heterocycles. The average molecular weight is 234 g/mol. The van der Waals surface area contributed by atoms with Crippen LogP contribution in [0.2, 0.25) is 5.15 Å². The van der Waals surface area contributed by atoms with Gasteiger partial charge in [0.15, 0.2) is 0 Å². The summed E-state index contributed by atoms with van der Waals surface area (Å²) in [6.07, 6.45) is -1.32. The maximum atomic E-state index is 11.9. The fraction of sp³-hybridized carbons (Fsp3) is 0.111. The molecule has 15 heavy (non-hydrogen) atoms. The molecule has 0 fully saturated rings. The van der Waals surface area contributed by atoms with Gasteiger partial charge in [0, 0.05) is 11.6 Å². The molecule has 0 amide bonds. The Balaban J connectivity index is 3.09. The zero-order valence-corrected chi connectivity index (χ0v) is 8.39. The molecule has 0 radical (unpaired) electrons. The lowest BCUT2D eigenvalue weighted by Crippen LogP contribution is -2.04. The van der Waals surface area contributed by atoms with Crippen LogP contribution in [0, 0.1) is 0 Å². The summed E-state index contributed by atoms with van der Waals surface area (Å²) in [7, 11) is 1.19. The third-order valence-corrected chi connectivity index (χ3v) is 1.84. The molecule has 1 aromatic rings. The van der Waals surface area contributed by atoms with Gasteiger partial charge in [-0.3, -0.25) is 0 Å². The normalized spacial score (nSPS) is 9.60. The molecule has 0 aromatic carbocycles. The predicted molar refractivity (Wildman–Crippen MR) is 50.8 cm³/mol. The molecule has 0 saturated carbocycles. The number of pyridine rings is 1. The molecule has 80 valence electrons. The zero-order chi connectivity index (χ0) is 11.4. The number of aromatic nitrogens is 1. The van der Waals surface area contributed by atoms with Gasteiger partial charge in [-0.1, -0.05) is 11.6 Å². The van der Waals surface area contributed by atoms with Crippen molar-refractivity contribution in [3.05, 3.63) is 34.6 Å². The lowest BCUT2D eigenvalue weighted by atomic mass is 10.2. The molecule has 1 heterocycles. The Kier molecular flexibility index (Phi) is 3.74. The van der Waals surface area contributed by atoms with Gasteiger partial charge < -0.3 is 4.74 Å². The number of hydrogen-bond donors (Lipinski definition) is 0. The molecular weight excluding hydrogens is 228 g/mol. The molecule has 0 atom stereocenters. The molecule has 0 bridgehead atoms. The average Bonchev–Trinajstić information content (AvgIpc) is 2.19. The number of esters is 1. The molecule has 1 rings (SSSR count). The molecule has 0 aliphatic carbocycles. The SMILES string of the molecule is COC(=O)c1ccc(C=C(F)F)c(Cl)n1. The van der Waals surface area contributed by atoms with Crippen LogP contribution >= 0.6 is 11.6 Å². The number of carbonyl (C=O) groups is 1. The van der Waals surface area contributed by atoms with Crippen molar-refractivity contribution in [2.24, 2.45) is 0 Å². The van der Waals surface area contributed by atoms with Crippen molar-refractivity contribution < 1.29 is 18.3 Å². The van der Waals surface area contributed by atoms with Gasteiger partial charge in [-0.15, -0.1) is 0 Å². The van der Waals surface area contributed by atoms with Crippen LogP contribution in [0.15, 0.2) is 18.2 Å². The summed E-state index contributed by atoms with van der Waals surface area (Å²) in [4.78, 5) is 14.6. The van der Waals surface area contributed by atoms with Crippen molar-refractivity contribution in [2.45, 2.75) is 0 Å². The van der Waals surface area contributed by atoms with Crippen LogP contribution in [0.5, 0.6) is 0 Å². The minimum atomic E-state index is -1.88. The van der Waals surface area contributed by atoms with Crippen LogP contribution in [0.4, 0.5) is 8.78 Å². The number of nitrogens with zero attached hydrogens (tertiary/aromatic N) is 1. The predicted octanol–water partition coefficient (Wildman–Crippen LogP) is 2.76. The molecular formula is C9H6ClF2NO2. The second-order valence-corrected chi connectivity index (χ2v) is 2.86. The van der Waals surface area contributed by atoms with Crippen LogP contribution in [0.25, 0.3) is 6.08 Å². The number of hydrogen-bond acceptors (Lipinski definition) is 3. The van der Waals surface area contributed by atoms with E-state index in [0.29, 0.717) is 6.08 Å². The summed E-state index contributed by atoms with van der Waals surface area (Å²) in [5.41, 5.74) is 0.0169. The van der Waals surface area contributed by atoms with E-state index in [-0.39, 0.29) is 16.4 Å². The Morgan fingerprint density at radius 3 is 2.67 bits per heavy atom. The van der Waals surface area contributed by atoms with Crippen molar-refractivity contribution in [3.63, 3.8) is 0 Å². The van der Waals surface area contributed by atoms with E-state index in [0.717, 1.165) is 0 Å². The van der Waals surface area contributed by atoms with Crippen LogP contribution in [0.3, 0.4) is 0 Å². The van der Waals surface area contributed by atoms with Crippen molar-refractivity contribution >= 4 is 23.6 Å². The highest BCUT2D eigenvalue weighted by Gasteiger charge is 2.09. The van der Waals surface area contributed by atoms with E-state index in [2.05, 4.69) is 9.72 Å². The fourth-order valence-electron chi connectivity index (χ4n) is 0.889. The maximum absolute atomic E-state index is 11.9. The Hall–Kier alpha value is -1.49. The van der Waals surface area contributed by atoms with Crippen LogP contribution in [-0.4, -0.2) is 18.1 Å². The summed E-state index contributed by atoms with van der Waals surface area (Å²) in [6.45, 7) is 0. The van der Waals surface area contributed by atoms with Crippen LogP contribution in [0.1, 0.15) is 16.1 Å². The number of rotatable bonds is 2. The van der Waals surface area contributed by atoms with E-state index >= 15 is 0 Å². The molecule has 6 heteroatoms. The van der Waals surface area contributed by atoms with Gasteiger partial charge in [0.25, 0.3) is 6.08 Å². The van der Waals surface area contributed by atoms with Gasteiger partial charge in [-0.2, -0.15) is 8.78 Å². The Labute approximate surface area is 89.3 Å². The highest BCUT2D eigenvalue weighted by Crippen LogP contribution is 2.18. The summed E-state index contributed by atoms with van der Waals surface area (Å²) in [5, 5.41) is -0.175. The minimum Gasteiger partial charge on any atom is -0.464 e. The first kappa shape index (κ1) is 11.6. The first-order chi connectivity index (χ1) is 7.04. The summed E-state index contributed by atoms with van der Waals surface area (Å²) >= 11 is 5.58. The molecule has 0 aliphatic rings. The standard InChI is InChI=1S/C9H6ClF2NO2/c1-15-9(14)6-3-2-5(4-7(11)12)8(10)13-6/h2-4H,1H3. The van der Waals surface area contributed by atoms with Gasteiger partial charge in [-0.25, -0.2) is 9.78 Å². The van der Waals surface area contributed by atoms with Crippen LogP contribution in [-0.2, 0) is 4.74 Å². The van der Waals surface area contributed by atoms with E-state index in [1.807, 2.05) is 0 Å².